The molecular formula is C31H36FN3O3. The highest BCUT2D eigenvalue weighted by Crippen LogP contribution is 2.40. The standard InChI is InChI=1S/C31H36FN3O3/c1-3-34(22-23-8-5-4-6-9-23)21-7-20-33-31(37)28-18-19-29(36)35(26-14-16-27(38-2)17-15-26)30(28)24-10-12-25(32)13-11-24/h4-6,8-17,28,30H,3,7,18-22H2,1-2H3,(H,33,37)/t28-,30-/m1/s1. The maximum Gasteiger partial charge on any atom is 0.227 e. The number of hydrogen-bond donors (Lipinski definition) is 1. The molecule has 1 fully saturated rings. The van der Waals surface area contributed by atoms with Crippen molar-refractivity contribution in [3.05, 3.63) is 95.8 Å². The number of carbonyl (C=O) groups is 2. The van der Waals surface area contributed by atoms with Gasteiger partial charge in [0.1, 0.15) is 11.6 Å². The van der Waals surface area contributed by atoms with E-state index < -0.39 is 12.0 Å². The maximum atomic E-state index is 13.7. The van der Waals surface area contributed by atoms with Gasteiger partial charge in [0, 0.05) is 31.7 Å². The molecule has 6 nitrogen and oxygen atoms in total. The van der Waals surface area contributed by atoms with Crippen molar-refractivity contribution in [3.63, 3.8) is 0 Å². The quantitative estimate of drug-likeness (QED) is 0.349. The Labute approximate surface area is 224 Å². The highest BCUT2D eigenvalue weighted by molar-refractivity contribution is 5.97. The molecule has 0 saturated carbocycles. The van der Waals surface area contributed by atoms with Crippen LogP contribution in [0.3, 0.4) is 0 Å². The second-order valence-corrected chi connectivity index (χ2v) is 9.60. The molecule has 1 N–H and O–H groups in total. The third-order valence-corrected chi connectivity index (χ3v) is 7.14. The monoisotopic (exact) mass is 517 g/mol. The van der Waals surface area contributed by atoms with Crippen LogP contribution >= 0.6 is 0 Å². The summed E-state index contributed by atoms with van der Waals surface area (Å²) in [7, 11) is 1.59. The van der Waals surface area contributed by atoms with Gasteiger partial charge < -0.3 is 15.0 Å². The van der Waals surface area contributed by atoms with E-state index in [2.05, 4.69) is 29.3 Å². The fourth-order valence-corrected chi connectivity index (χ4v) is 5.09. The summed E-state index contributed by atoms with van der Waals surface area (Å²) in [6.45, 7) is 5.36. The van der Waals surface area contributed by atoms with E-state index >= 15 is 0 Å². The minimum Gasteiger partial charge on any atom is -0.497 e. The Morgan fingerprint density at radius 1 is 1.05 bits per heavy atom. The zero-order chi connectivity index (χ0) is 26.9. The molecule has 2 amide bonds. The highest BCUT2D eigenvalue weighted by Gasteiger charge is 2.41. The van der Waals surface area contributed by atoms with Crippen LogP contribution in [0.4, 0.5) is 10.1 Å². The lowest BCUT2D eigenvalue weighted by Crippen LogP contribution is -2.48. The third-order valence-electron chi connectivity index (χ3n) is 7.14. The first-order valence-corrected chi connectivity index (χ1v) is 13.3. The number of halogens is 1. The molecule has 7 heteroatoms. The molecule has 0 bridgehead atoms. The fraction of sp³-hybridized carbons (Fsp3) is 0.355. The van der Waals surface area contributed by atoms with E-state index in [0.717, 1.165) is 31.6 Å². The Hall–Kier alpha value is -3.71. The summed E-state index contributed by atoms with van der Waals surface area (Å²) in [6, 6.07) is 23.1. The van der Waals surface area contributed by atoms with E-state index in [4.69, 9.17) is 4.74 Å². The number of nitrogens with one attached hydrogen (secondary N) is 1. The van der Waals surface area contributed by atoms with Gasteiger partial charge in [0.15, 0.2) is 0 Å². The van der Waals surface area contributed by atoms with Gasteiger partial charge in [0.05, 0.1) is 19.1 Å². The molecule has 1 aliphatic heterocycles. The van der Waals surface area contributed by atoms with Crippen LogP contribution in [0.15, 0.2) is 78.9 Å². The molecule has 38 heavy (non-hydrogen) atoms. The van der Waals surface area contributed by atoms with Crippen molar-refractivity contribution < 1.29 is 18.7 Å². The van der Waals surface area contributed by atoms with Crippen LogP contribution in [0.2, 0.25) is 0 Å². The van der Waals surface area contributed by atoms with Crippen LogP contribution in [0, 0.1) is 11.7 Å². The molecule has 2 atom stereocenters. The van der Waals surface area contributed by atoms with Gasteiger partial charge in [-0.3, -0.25) is 14.5 Å². The van der Waals surface area contributed by atoms with E-state index in [1.807, 2.05) is 30.3 Å². The van der Waals surface area contributed by atoms with E-state index in [0.29, 0.717) is 24.4 Å². The lowest BCUT2D eigenvalue weighted by molar-refractivity contribution is -0.129. The normalized spacial score (nSPS) is 17.5. The largest absolute Gasteiger partial charge is 0.497 e. The summed E-state index contributed by atoms with van der Waals surface area (Å²) in [5, 5.41) is 3.11. The van der Waals surface area contributed by atoms with Gasteiger partial charge in [-0.15, -0.1) is 0 Å². The van der Waals surface area contributed by atoms with Crippen LogP contribution in [-0.2, 0) is 16.1 Å². The minimum atomic E-state index is -0.532. The Bertz CT molecular complexity index is 1190. The fourth-order valence-electron chi connectivity index (χ4n) is 5.09. The van der Waals surface area contributed by atoms with Crippen molar-refractivity contribution in [2.24, 2.45) is 5.92 Å². The molecule has 0 spiro atoms. The Morgan fingerprint density at radius 2 is 1.76 bits per heavy atom. The SMILES string of the molecule is CCN(CCCNC(=O)[C@@H]1CCC(=O)N(c2ccc(OC)cc2)[C@@H]1c1ccc(F)cc1)Cc1ccccc1. The number of methoxy groups -OCH3 is 1. The van der Waals surface area contributed by atoms with Gasteiger partial charge in [-0.1, -0.05) is 49.4 Å². The third kappa shape index (κ3) is 6.78. The van der Waals surface area contributed by atoms with Crippen molar-refractivity contribution in [1.29, 1.82) is 0 Å². The number of nitrogens with zero attached hydrogens (tertiary/aromatic N) is 2. The summed E-state index contributed by atoms with van der Waals surface area (Å²) in [5.41, 5.74) is 2.68. The van der Waals surface area contributed by atoms with Gasteiger partial charge in [-0.05, 0) is 66.9 Å². The number of benzene rings is 3. The molecule has 1 heterocycles. The zero-order valence-corrected chi connectivity index (χ0v) is 22.1. The summed E-state index contributed by atoms with van der Waals surface area (Å²) in [5.74, 6) is -0.278. The van der Waals surface area contributed by atoms with E-state index in [9.17, 15) is 14.0 Å². The second kappa shape index (κ2) is 13.2. The number of hydrogen-bond acceptors (Lipinski definition) is 4. The van der Waals surface area contributed by atoms with Crippen LogP contribution in [0.1, 0.15) is 43.4 Å². The first kappa shape index (κ1) is 27.3. The van der Waals surface area contributed by atoms with Crippen LogP contribution in [0.5, 0.6) is 5.75 Å². The van der Waals surface area contributed by atoms with Crippen molar-refractivity contribution in [2.75, 3.05) is 31.6 Å². The predicted octanol–water partition coefficient (Wildman–Crippen LogP) is 5.35. The average molecular weight is 518 g/mol. The molecule has 3 aromatic carbocycles. The summed E-state index contributed by atoms with van der Waals surface area (Å²) in [6.07, 6.45) is 1.53. The van der Waals surface area contributed by atoms with E-state index in [1.165, 1.54) is 17.7 Å². The topological polar surface area (TPSA) is 61.9 Å². The zero-order valence-electron chi connectivity index (χ0n) is 22.1. The van der Waals surface area contributed by atoms with Gasteiger partial charge in [0.2, 0.25) is 11.8 Å². The number of carbonyl (C=O) groups excluding carboxylic acids is 2. The molecule has 1 saturated heterocycles. The minimum absolute atomic E-state index is 0.0620. The number of amides is 2. The average Bonchev–Trinajstić information content (AvgIpc) is 2.95. The van der Waals surface area contributed by atoms with Crippen LogP contribution in [-0.4, -0.2) is 43.5 Å². The highest BCUT2D eigenvalue weighted by atomic mass is 19.1. The van der Waals surface area contributed by atoms with Gasteiger partial charge in [-0.2, -0.15) is 0 Å². The van der Waals surface area contributed by atoms with Crippen LogP contribution in [0.25, 0.3) is 0 Å². The number of rotatable bonds is 11. The molecule has 0 unspecified atom stereocenters. The Balaban J connectivity index is 1.46. The number of anilines is 1. The van der Waals surface area contributed by atoms with Gasteiger partial charge in [0.25, 0.3) is 0 Å². The first-order valence-electron chi connectivity index (χ1n) is 13.3. The summed E-state index contributed by atoms with van der Waals surface area (Å²) < 4.78 is 19.0. The molecule has 0 radical (unpaired) electrons. The lowest BCUT2D eigenvalue weighted by Gasteiger charge is -2.41. The van der Waals surface area contributed by atoms with E-state index in [-0.39, 0.29) is 24.1 Å². The molecule has 0 aliphatic carbocycles. The first-order chi connectivity index (χ1) is 18.5. The Kier molecular flexibility index (Phi) is 9.49. The molecule has 3 aromatic rings. The molecular weight excluding hydrogens is 481 g/mol. The van der Waals surface area contributed by atoms with Gasteiger partial charge in [-0.25, -0.2) is 4.39 Å². The number of ether oxygens (including phenoxy) is 1. The second-order valence-electron chi connectivity index (χ2n) is 9.60. The molecule has 1 aliphatic rings. The van der Waals surface area contributed by atoms with Crippen molar-refractivity contribution in [2.45, 2.75) is 38.8 Å². The maximum absolute atomic E-state index is 13.7. The van der Waals surface area contributed by atoms with Crippen molar-refractivity contribution >= 4 is 17.5 Å². The summed E-state index contributed by atoms with van der Waals surface area (Å²) in [4.78, 5) is 30.7. The predicted molar refractivity (Wildman–Crippen MR) is 147 cm³/mol. The molecule has 0 aromatic heterocycles. The van der Waals surface area contributed by atoms with Crippen molar-refractivity contribution in [3.8, 4) is 5.75 Å². The lowest BCUT2D eigenvalue weighted by atomic mass is 9.83. The van der Waals surface area contributed by atoms with Gasteiger partial charge >= 0.3 is 0 Å². The van der Waals surface area contributed by atoms with E-state index in [1.54, 1.807) is 36.3 Å². The smallest absolute Gasteiger partial charge is 0.227 e. The molecule has 4 rings (SSSR count). The van der Waals surface area contributed by atoms with Crippen molar-refractivity contribution in [1.82, 2.24) is 10.2 Å². The summed E-state index contributed by atoms with van der Waals surface area (Å²) >= 11 is 0. The number of piperidine rings is 1. The molecule has 200 valence electrons. The van der Waals surface area contributed by atoms with Crippen LogP contribution < -0.4 is 15.0 Å². The Morgan fingerprint density at radius 3 is 2.42 bits per heavy atom.